The molecule has 0 aliphatic heterocycles. The Balaban J connectivity index is 2.11. The summed E-state index contributed by atoms with van der Waals surface area (Å²) in [5, 5.41) is 0.489. The van der Waals surface area contributed by atoms with Crippen LogP contribution in [0.5, 0.6) is 5.75 Å². The van der Waals surface area contributed by atoms with Gasteiger partial charge in [0.1, 0.15) is 24.0 Å². The van der Waals surface area contributed by atoms with Gasteiger partial charge in [-0.15, -0.1) is 0 Å². The maximum absolute atomic E-state index is 13.1. The minimum atomic E-state index is -0.262. The Morgan fingerprint density at radius 1 is 1.33 bits per heavy atom. The SMILES string of the molecule is Cc1cc(OCc2nc(N)ccc2Cl)ccc1F. The van der Waals surface area contributed by atoms with E-state index in [-0.39, 0.29) is 12.4 Å². The van der Waals surface area contributed by atoms with Gasteiger partial charge in [0.15, 0.2) is 0 Å². The van der Waals surface area contributed by atoms with Gasteiger partial charge in [-0.3, -0.25) is 0 Å². The maximum atomic E-state index is 13.1. The first-order valence-electron chi connectivity index (χ1n) is 5.36. The molecule has 0 atom stereocenters. The first kappa shape index (κ1) is 12.6. The molecule has 94 valence electrons. The van der Waals surface area contributed by atoms with Crippen LogP contribution in [0.25, 0.3) is 0 Å². The van der Waals surface area contributed by atoms with Crippen LogP contribution in [0.2, 0.25) is 5.02 Å². The molecule has 0 spiro atoms. The number of benzene rings is 1. The van der Waals surface area contributed by atoms with Gasteiger partial charge < -0.3 is 10.5 Å². The van der Waals surface area contributed by atoms with E-state index in [1.807, 2.05) is 0 Å². The van der Waals surface area contributed by atoms with Crippen LogP contribution in [0.15, 0.2) is 30.3 Å². The van der Waals surface area contributed by atoms with Crippen molar-refractivity contribution in [3.63, 3.8) is 0 Å². The number of rotatable bonds is 3. The molecule has 18 heavy (non-hydrogen) atoms. The number of nitrogen functional groups attached to an aromatic ring is 1. The van der Waals surface area contributed by atoms with Crippen LogP contribution < -0.4 is 10.5 Å². The molecule has 1 aromatic carbocycles. The standard InChI is InChI=1S/C13H12ClFN2O/c1-8-6-9(2-4-11(8)15)18-7-12-10(14)3-5-13(16)17-12/h2-6H,7H2,1H3,(H2,16,17). The minimum absolute atomic E-state index is 0.189. The Morgan fingerprint density at radius 2 is 2.11 bits per heavy atom. The fourth-order valence-corrected chi connectivity index (χ4v) is 1.62. The molecule has 2 N–H and O–H groups in total. The summed E-state index contributed by atoms with van der Waals surface area (Å²) >= 11 is 5.96. The molecule has 1 aromatic heterocycles. The van der Waals surface area contributed by atoms with E-state index in [0.29, 0.717) is 27.8 Å². The molecule has 2 rings (SSSR count). The summed E-state index contributed by atoms with van der Waals surface area (Å²) < 4.78 is 18.6. The predicted octanol–water partition coefficient (Wildman–Crippen LogP) is 3.34. The van der Waals surface area contributed by atoms with Gasteiger partial charge in [-0.2, -0.15) is 0 Å². The van der Waals surface area contributed by atoms with Crippen LogP contribution in [-0.4, -0.2) is 4.98 Å². The van der Waals surface area contributed by atoms with Gasteiger partial charge in [-0.25, -0.2) is 9.37 Å². The van der Waals surface area contributed by atoms with Crippen LogP contribution in [0.1, 0.15) is 11.3 Å². The van der Waals surface area contributed by atoms with Crippen molar-refractivity contribution in [1.29, 1.82) is 0 Å². The van der Waals surface area contributed by atoms with Crippen molar-refractivity contribution < 1.29 is 9.13 Å². The second-order valence-electron chi connectivity index (χ2n) is 3.86. The van der Waals surface area contributed by atoms with Crippen molar-refractivity contribution in [3.8, 4) is 5.75 Å². The third kappa shape index (κ3) is 2.90. The summed E-state index contributed by atoms with van der Waals surface area (Å²) in [6.07, 6.45) is 0. The Morgan fingerprint density at radius 3 is 2.83 bits per heavy atom. The second-order valence-corrected chi connectivity index (χ2v) is 4.27. The Hall–Kier alpha value is -1.81. The average Bonchev–Trinajstić information content (AvgIpc) is 2.34. The molecule has 1 heterocycles. The first-order chi connectivity index (χ1) is 8.56. The Bertz CT molecular complexity index is 575. The molecular formula is C13H12ClFN2O. The second kappa shape index (κ2) is 5.23. The zero-order valence-electron chi connectivity index (χ0n) is 9.78. The molecule has 0 aliphatic carbocycles. The lowest BCUT2D eigenvalue weighted by molar-refractivity contribution is 0.301. The summed E-state index contributed by atoms with van der Waals surface area (Å²) in [7, 11) is 0. The highest BCUT2D eigenvalue weighted by atomic mass is 35.5. The topological polar surface area (TPSA) is 48.1 Å². The van der Waals surface area contributed by atoms with E-state index in [1.54, 1.807) is 31.2 Å². The van der Waals surface area contributed by atoms with Crippen molar-refractivity contribution in [2.45, 2.75) is 13.5 Å². The van der Waals surface area contributed by atoms with E-state index in [1.165, 1.54) is 6.07 Å². The van der Waals surface area contributed by atoms with Gasteiger partial charge in [0.2, 0.25) is 0 Å². The zero-order valence-corrected chi connectivity index (χ0v) is 10.5. The molecule has 5 heteroatoms. The van der Waals surface area contributed by atoms with E-state index in [2.05, 4.69) is 4.98 Å². The van der Waals surface area contributed by atoms with Crippen molar-refractivity contribution >= 4 is 17.4 Å². The smallest absolute Gasteiger partial charge is 0.132 e. The van der Waals surface area contributed by atoms with Crippen molar-refractivity contribution in [3.05, 3.63) is 52.4 Å². The van der Waals surface area contributed by atoms with Crippen molar-refractivity contribution in [1.82, 2.24) is 4.98 Å². The highest BCUT2D eigenvalue weighted by Crippen LogP contribution is 2.20. The largest absolute Gasteiger partial charge is 0.487 e. The van der Waals surface area contributed by atoms with Crippen LogP contribution in [-0.2, 0) is 6.61 Å². The number of ether oxygens (including phenoxy) is 1. The highest BCUT2D eigenvalue weighted by Gasteiger charge is 2.05. The first-order valence-corrected chi connectivity index (χ1v) is 5.74. The molecule has 0 unspecified atom stereocenters. The molecule has 0 saturated heterocycles. The highest BCUT2D eigenvalue weighted by molar-refractivity contribution is 6.31. The number of halogens is 2. The van der Waals surface area contributed by atoms with E-state index >= 15 is 0 Å². The molecule has 3 nitrogen and oxygen atoms in total. The van der Waals surface area contributed by atoms with Crippen LogP contribution in [0.3, 0.4) is 0 Å². The third-order valence-electron chi connectivity index (χ3n) is 2.45. The van der Waals surface area contributed by atoms with Crippen LogP contribution in [0.4, 0.5) is 10.2 Å². The lowest BCUT2D eigenvalue weighted by atomic mass is 10.2. The van der Waals surface area contributed by atoms with Gasteiger partial charge in [0, 0.05) is 0 Å². The van der Waals surface area contributed by atoms with Gasteiger partial charge in [0.25, 0.3) is 0 Å². The van der Waals surface area contributed by atoms with E-state index < -0.39 is 0 Å². The molecule has 0 bridgehead atoms. The van der Waals surface area contributed by atoms with Crippen molar-refractivity contribution in [2.75, 3.05) is 5.73 Å². The molecule has 2 aromatic rings. The fraction of sp³-hybridized carbons (Fsp3) is 0.154. The Labute approximate surface area is 109 Å². The number of nitrogens with two attached hydrogens (primary N) is 1. The van der Waals surface area contributed by atoms with E-state index in [4.69, 9.17) is 22.1 Å². The number of hydrogen-bond donors (Lipinski definition) is 1. The van der Waals surface area contributed by atoms with Gasteiger partial charge in [0.05, 0.1) is 10.7 Å². The molecular weight excluding hydrogens is 255 g/mol. The number of aromatic nitrogens is 1. The van der Waals surface area contributed by atoms with Crippen molar-refractivity contribution in [2.24, 2.45) is 0 Å². The number of aryl methyl sites for hydroxylation is 1. The average molecular weight is 267 g/mol. The maximum Gasteiger partial charge on any atom is 0.132 e. The normalized spacial score (nSPS) is 10.4. The van der Waals surface area contributed by atoms with Crippen LogP contribution in [0, 0.1) is 12.7 Å². The fourth-order valence-electron chi connectivity index (χ4n) is 1.46. The van der Waals surface area contributed by atoms with E-state index in [9.17, 15) is 4.39 Å². The molecule has 0 amide bonds. The number of anilines is 1. The van der Waals surface area contributed by atoms with Gasteiger partial charge in [-0.1, -0.05) is 11.6 Å². The summed E-state index contributed by atoms with van der Waals surface area (Å²) in [4.78, 5) is 4.07. The molecule has 0 saturated carbocycles. The number of hydrogen-bond acceptors (Lipinski definition) is 3. The van der Waals surface area contributed by atoms with Gasteiger partial charge >= 0.3 is 0 Å². The summed E-state index contributed by atoms with van der Waals surface area (Å²) in [6.45, 7) is 1.86. The zero-order chi connectivity index (χ0) is 13.1. The lowest BCUT2D eigenvalue weighted by Gasteiger charge is -2.08. The minimum Gasteiger partial charge on any atom is -0.487 e. The monoisotopic (exact) mass is 266 g/mol. The Kier molecular flexibility index (Phi) is 3.67. The predicted molar refractivity (Wildman–Crippen MR) is 69.1 cm³/mol. The quantitative estimate of drug-likeness (QED) is 0.927. The van der Waals surface area contributed by atoms with E-state index in [0.717, 1.165) is 0 Å². The number of pyridine rings is 1. The summed E-state index contributed by atoms with van der Waals surface area (Å²) in [5.41, 5.74) is 6.65. The van der Waals surface area contributed by atoms with Gasteiger partial charge in [-0.05, 0) is 42.8 Å². The number of nitrogens with zero attached hydrogens (tertiary/aromatic N) is 1. The summed E-state index contributed by atoms with van der Waals surface area (Å²) in [6, 6.07) is 7.82. The molecule has 0 radical (unpaired) electrons. The molecule has 0 aliphatic rings. The third-order valence-corrected chi connectivity index (χ3v) is 2.79. The summed E-state index contributed by atoms with van der Waals surface area (Å²) in [5.74, 6) is 0.685. The van der Waals surface area contributed by atoms with Crippen LogP contribution >= 0.6 is 11.6 Å². The lowest BCUT2D eigenvalue weighted by Crippen LogP contribution is -2.02. The molecule has 0 fully saturated rings.